The van der Waals surface area contributed by atoms with Gasteiger partial charge in [0.2, 0.25) is 5.75 Å². The Morgan fingerprint density at radius 1 is 0.929 bits per heavy atom. The fourth-order valence-electron chi connectivity index (χ4n) is 3.23. The molecule has 0 radical (unpaired) electrons. The number of carbonyl (C=O) groups is 1. The Kier molecular flexibility index (Phi) is 5.59. The van der Waals surface area contributed by atoms with Crippen LogP contribution in [0, 0.1) is 0 Å². The molecule has 0 bridgehead atoms. The minimum absolute atomic E-state index is 0.175. The summed E-state index contributed by atoms with van der Waals surface area (Å²) in [4.78, 5) is 12.8. The van der Waals surface area contributed by atoms with E-state index in [2.05, 4.69) is 0 Å². The Bertz CT molecular complexity index is 1020. The van der Waals surface area contributed by atoms with Gasteiger partial charge in [-0.3, -0.25) is 4.79 Å². The van der Waals surface area contributed by atoms with Crippen molar-refractivity contribution in [2.75, 3.05) is 28.4 Å². The van der Waals surface area contributed by atoms with E-state index < -0.39 is 0 Å². The average molecular weight is 381 g/mol. The van der Waals surface area contributed by atoms with Gasteiger partial charge in [-0.25, -0.2) is 0 Å². The molecule has 0 atom stereocenters. The van der Waals surface area contributed by atoms with Crippen molar-refractivity contribution in [1.82, 2.24) is 4.57 Å². The highest BCUT2D eigenvalue weighted by Gasteiger charge is 2.16. The molecule has 3 rings (SSSR count). The van der Waals surface area contributed by atoms with Gasteiger partial charge in [0.25, 0.3) is 0 Å². The van der Waals surface area contributed by atoms with E-state index in [1.807, 2.05) is 36.0 Å². The van der Waals surface area contributed by atoms with Crippen LogP contribution in [0.5, 0.6) is 23.0 Å². The summed E-state index contributed by atoms with van der Waals surface area (Å²) in [6.07, 6.45) is 5.28. The molecule has 0 fully saturated rings. The Morgan fingerprint density at radius 3 is 2.14 bits per heavy atom. The minimum Gasteiger partial charge on any atom is -0.496 e. The number of methoxy groups -OCH3 is 4. The molecule has 6 nitrogen and oxygen atoms in total. The molecule has 0 unspecified atom stereocenters. The van der Waals surface area contributed by atoms with Crippen molar-refractivity contribution < 1.29 is 23.7 Å². The number of ether oxygens (including phenoxy) is 4. The topological polar surface area (TPSA) is 58.9 Å². The molecular weight excluding hydrogens is 358 g/mol. The van der Waals surface area contributed by atoms with E-state index in [-0.39, 0.29) is 5.78 Å². The second-order valence-electron chi connectivity index (χ2n) is 6.16. The van der Waals surface area contributed by atoms with Gasteiger partial charge >= 0.3 is 0 Å². The van der Waals surface area contributed by atoms with Gasteiger partial charge in [-0.2, -0.15) is 0 Å². The molecule has 0 aliphatic heterocycles. The van der Waals surface area contributed by atoms with Gasteiger partial charge in [-0.05, 0) is 36.4 Å². The predicted octanol–water partition coefficient (Wildman–Crippen LogP) is 4.11. The normalized spacial score (nSPS) is 11.0. The largest absolute Gasteiger partial charge is 0.496 e. The van der Waals surface area contributed by atoms with E-state index >= 15 is 0 Å². The summed E-state index contributed by atoms with van der Waals surface area (Å²) >= 11 is 0. The average Bonchev–Trinajstić information content (AvgIpc) is 3.06. The smallest absolute Gasteiger partial charge is 0.203 e. The number of aromatic nitrogens is 1. The lowest BCUT2D eigenvalue weighted by Gasteiger charge is -2.13. The van der Waals surface area contributed by atoms with Gasteiger partial charge < -0.3 is 23.5 Å². The second-order valence-corrected chi connectivity index (χ2v) is 6.16. The molecule has 28 heavy (non-hydrogen) atoms. The number of rotatable bonds is 7. The van der Waals surface area contributed by atoms with Crippen LogP contribution in [0.4, 0.5) is 0 Å². The number of aryl methyl sites for hydroxylation is 1. The number of carbonyl (C=O) groups excluding carboxylic acids is 1. The summed E-state index contributed by atoms with van der Waals surface area (Å²) in [7, 11) is 8.15. The molecule has 6 heteroatoms. The predicted molar refractivity (Wildman–Crippen MR) is 109 cm³/mol. The van der Waals surface area contributed by atoms with Gasteiger partial charge in [-0.15, -0.1) is 0 Å². The fourth-order valence-corrected chi connectivity index (χ4v) is 3.23. The maximum Gasteiger partial charge on any atom is 0.203 e. The van der Waals surface area contributed by atoms with E-state index in [0.717, 1.165) is 22.2 Å². The van der Waals surface area contributed by atoms with Crippen LogP contribution in [-0.2, 0) is 7.05 Å². The highest BCUT2D eigenvalue weighted by atomic mass is 16.5. The van der Waals surface area contributed by atoms with Crippen LogP contribution in [0.2, 0.25) is 0 Å². The van der Waals surface area contributed by atoms with Crippen molar-refractivity contribution in [3.05, 3.63) is 53.7 Å². The maximum absolute atomic E-state index is 12.8. The summed E-state index contributed by atoms with van der Waals surface area (Å²) in [5, 5.41) is 0.960. The first-order chi connectivity index (χ1) is 13.5. The van der Waals surface area contributed by atoms with Crippen molar-refractivity contribution in [3.8, 4) is 23.0 Å². The van der Waals surface area contributed by atoms with Crippen LogP contribution in [0.25, 0.3) is 17.0 Å². The molecule has 3 aromatic rings. The fraction of sp³-hybridized carbons (Fsp3) is 0.227. The quantitative estimate of drug-likeness (QED) is 0.455. The van der Waals surface area contributed by atoms with E-state index in [1.165, 1.54) is 27.4 Å². The number of benzene rings is 2. The van der Waals surface area contributed by atoms with Crippen molar-refractivity contribution >= 4 is 22.8 Å². The van der Waals surface area contributed by atoms with Crippen LogP contribution in [0.1, 0.15) is 15.9 Å². The zero-order chi connectivity index (χ0) is 20.3. The summed E-state index contributed by atoms with van der Waals surface area (Å²) in [6, 6.07) is 9.13. The van der Waals surface area contributed by atoms with Crippen molar-refractivity contribution in [2.24, 2.45) is 7.05 Å². The first kappa shape index (κ1) is 19.4. The van der Waals surface area contributed by atoms with E-state index in [4.69, 9.17) is 18.9 Å². The molecule has 146 valence electrons. The highest BCUT2D eigenvalue weighted by molar-refractivity contribution is 6.09. The summed E-state index contributed by atoms with van der Waals surface area (Å²) < 4.78 is 23.4. The first-order valence-corrected chi connectivity index (χ1v) is 8.68. The molecule has 2 aromatic carbocycles. The minimum atomic E-state index is -0.175. The van der Waals surface area contributed by atoms with Gasteiger partial charge in [0.15, 0.2) is 17.3 Å². The zero-order valence-electron chi connectivity index (χ0n) is 16.6. The molecule has 1 heterocycles. The molecule has 0 aliphatic carbocycles. The van der Waals surface area contributed by atoms with Gasteiger partial charge in [0.1, 0.15) is 5.75 Å². The summed E-state index contributed by atoms with van der Waals surface area (Å²) in [5.74, 6) is 1.91. The Morgan fingerprint density at radius 2 is 1.57 bits per heavy atom. The third-order valence-electron chi connectivity index (χ3n) is 4.59. The highest BCUT2D eigenvalue weighted by Crippen LogP contribution is 2.38. The number of nitrogens with zero attached hydrogens (tertiary/aromatic N) is 1. The standard InChI is InChI=1S/C22H23NO5/c1-23-13-14(21-16(23)7-6-8-18(21)25-2)9-10-17(24)15-11-19(26-3)22(28-5)20(12-15)27-4/h6-13H,1-5H3/b10-9+. The maximum atomic E-state index is 12.8. The number of hydrogen-bond donors (Lipinski definition) is 0. The Hall–Kier alpha value is -3.41. The molecule has 0 amide bonds. The monoisotopic (exact) mass is 381 g/mol. The molecule has 0 saturated heterocycles. The second kappa shape index (κ2) is 8.08. The van der Waals surface area contributed by atoms with E-state index in [0.29, 0.717) is 22.8 Å². The zero-order valence-corrected chi connectivity index (χ0v) is 16.6. The lowest BCUT2D eigenvalue weighted by atomic mass is 10.1. The van der Waals surface area contributed by atoms with Crippen LogP contribution >= 0.6 is 0 Å². The molecule has 0 N–H and O–H groups in total. The third-order valence-corrected chi connectivity index (χ3v) is 4.59. The molecule has 0 saturated carbocycles. The number of fused-ring (bicyclic) bond motifs is 1. The Labute approximate surface area is 163 Å². The Balaban J connectivity index is 2.00. The van der Waals surface area contributed by atoms with Crippen LogP contribution < -0.4 is 18.9 Å². The van der Waals surface area contributed by atoms with Crippen molar-refractivity contribution in [2.45, 2.75) is 0 Å². The lowest BCUT2D eigenvalue weighted by molar-refractivity contribution is 0.104. The summed E-state index contributed by atoms with van der Waals surface area (Å²) in [5.41, 5.74) is 2.37. The molecule has 0 aliphatic rings. The van der Waals surface area contributed by atoms with E-state index in [9.17, 15) is 4.79 Å². The van der Waals surface area contributed by atoms with Gasteiger partial charge in [0.05, 0.1) is 34.0 Å². The molecule has 1 aromatic heterocycles. The van der Waals surface area contributed by atoms with Crippen LogP contribution in [-0.4, -0.2) is 38.8 Å². The van der Waals surface area contributed by atoms with Crippen LogP contribution in [0.15, 0.2) is 42.6 Å². The number of allylic oxidation sites excluding steroid dienone is 1. The first-order valence-electron chi connectivity index (χ1n) is 8.68. The number of ketones is 1. The van der Waals surface area contributed by atoms with Gasteiger partial charge in [-0.1, -0.05) is 6.07 Å². The van der Waals surface area contributed by atoms with E-state index in [1.54, 1.807) is 25.3 Å². The number of hydrogen-bond acceptors (Lipinski definition) is 5. The van der Waals surface area contributed by atoms with Gasteiger partial charge in [0, 0.05) is 29.8 Å². The van der Waals surface area contributed by atoms with Crippen molar-refractivity contribution in [1.29, 1.82) is 0 Å². The SMILES string of the molecule is COc1cc(C(=O)/C=C/c2cn(C)c3cccc(OC)c23)cc(OC)c1OC. The third kappa shape index (κ3) is 3.41. The lowest BCUT2D eigenvalue weighted by Crippen LogP contribution is -2.00. The van der Waals surface area contributed by atoms with Crippen molar-refractivity contribution in [3.63, 3.8) is 0 Å². The summed E-state index contributed by atoms with van der Waals surface area (Å²) in [6.45, 7) is 0. The molecule has 0 spiro atoms. The van der Waals surface area contributed by atoms with Crippen LogP contribution in [0.3, 0.4) is 0 Å². The molecular formula is C22H23NO5.